The van der Waals surface area contributed by atoms with Crippen LogP contribution in [0.15, 0.2) is 12.4 Å². The zero-order valence-electron chi connectivity index (χ0n) is 9.59. The van der Waals surface area contributed by atoms with Crippen molar-refractivity contribution >= 4 is 0 Å². The van der Waals surface area contributed by atoms with Crippen LogP contribution < -0.4 is 0 Å². The summed E-state index contributed by atoms with van der Waals surface area (Å²) in [6.07, 6.45) is 2.57. The van der Waals surface area contributed by atoms with E-state index in [9.17, 15) is 10.2 Å². The first kappa shape index (κ1) is 12.2. The molecular formula is C11H20N2O2. The molecule has 0 aliphatic carbocycles. The lowest BCUT2D eigenvalue weighted by Crippen LogP contribution is -2.33. The van der Waals surface area contributed by atoms with Gasteiger partial charge >= 0.3 is 0 Å². The van der Waals surface area contributed by atoms with Crippen LogP contribution in [-0.2, 0) is 13.0 Å². The van der Waals surface area contributed by atoms with Crippen LogP contribution in [0.5, 0.6) is 0 Å². The summed E-state index contributed by atoms with van der Waals surface area (Å²) in [6, 6.07) is 0. The van der Waals surface area contributed by atoms with E-state index >= 15 is 0 Å². The minimum absolute atomic E-state index is 0.0602. The van der Waals surface area contributed by atoms with E-state index in [0.29, 0.717) is 6.42 Å². The topological polar surface area (TPSA) is 58.3 Å². The van der Waals surface area contributed by atoms with Gasteiger partial charge in [0.15, 0.2) is 0 Å². The maximum atomic E-state index is 9.78. The third-order valence-corrected chi connectivity index (χ3v) is 2.61. The summed E-state index contributed by atoms with van der Waals surface area (Å²) in [5.74, 6) is 0.884. The van der Waals surface area contributed by atoms with Crippen LogP contribution in [0.4, 0.5) is 0 Å². The van der Waals surface area contributed by atoms with Crippen LogP contribution in [0.2, 0.25) is 0 Å². The van der Waals surface area contributed by atoms with Crippen molar-refractivity contribution in [1.82, 2.24) is 9.55 Å². The number of aryl methyl sites for hydroxylation is 1. The summed E-state index contributed by atoms with van der Waals surface area (Å²) in [5.41, 5.74) is 0. The Kier molecular flexibility index (Phi) is 4.29. The van der Waals surface area contributed by atoms with Crippen molar-refractivity contribution in [2.45, 2.75) is 45.9 Å². The zero-order chi connectivity index (χ0) is 11.4. The molecule has 0 aliphatic rings. The highest BCUT2D eigenvalue weighted by molar-refractivity contribution is 4.95. The quantitative estimate of drug-likeness (QED) is 0.760. The Morgan fingerprint density at radius 1 is 1.40 bits per heavy atom. The number of nitrogens with zero attached hydrogens (tertiary/aromatic N) is 2. The van der Waals surface area contributed by atoms with Gasteiger partial charge in [0.2, 0.25) is 0 Å². The summed E-state index contributed by atoms with van der Waals surface area (Å²) < 4.78 is 1.97. The first-order valence-corrected chi connectivity index (χ1v) is 5.42. The van der Waals surface area contributed by atoms with Gasteiger partial charge < -0.3 is 14.8 Å². The number of hydrogen-bond acceptors (Lipinski definition) is 3. The first-order chi connectivity index (χ1) is 7.06. The Balaban J connectivity index is 2.61. The van der Waals surface area contributed by atoms with Crippen LogP contribution in [-0.4, -0.2) is 32.0 Å². The third kappa shape index (κ3) is 3.04. The second-order valence-corrected chi connectivity index (χ2v) is 4.14. The molecule has 2 N–H and O–H groups in total. The van der Waals surface area contributed by atoms with E-state index in [0.717, 1.165) is 12.4 Å². The van der Waals surface area contributed by atoms with E-state index in [1.54, 1.807) is 6.20 Å². The van der Waals surface area contributed by atoms with Gasteiger partial charge in [-0.3, -0.25) is 0 Å². The number of hydrogen-bond donors (Lipinski definition) is 2. The van der Waals surface area contributed by atoms with Crippen LogP contribution in [0.25, 0.3) is 0 Å². The highest BCUT2D eigenvalue weighted by atomic mass is 16.3. The molecule has 0 radical (unpaired) electrons. The molecule has 0 saturated carbocycles. The molecule has 0 saturated heterocycles. The fraction of sp³-hybridized carbons (Fsp3) is 0.727. The van der Waals surface area contributed by atoms with Gasteiger partial charge in [-0.2, -0.15) is 0 Å². The number of aliphatic hydroxyl groups excluding tert-OH is 2. The summed E-state index contributed by atoms with van der Waals surface area (Å²) in [6.45, 7) is 6.64. The van der Waals surface area contributed by atoms with E-state index in [1.807, 2.05) is 31.5 Å². The van der Waals surface area contributed by atoms with Gasteiger partial charge in [0.25, 0.3) is 0 Å². The van der Waals surface area contributed by atoms with E-state index in [4.69, 9.17) is 0 Å². The molecule has 15 heavy (non-hydrogen) atoms. The van der Waals surface area contributed by atoms with Crippen molar-refractivity contribution in [1.29, 1.82) is 0 Å². The Labute approximate surface area is 90.6 Å². The smallest absolute Gasteiger partial charge is 0.111 e. The maximum Gasteiger partial charge on any atom is 0.111 e. The van der Waals surface area contributed by atoms with Crippen molar-refractivity contribution in [3.63, 3.8) is 0 Å². The number of rotatable bonds is 5. The molecule has 0 spiro atoms. The first-order valence-electron chi connectivity index (χ1n) is 5.42. The van der Waals surface area contributed by atoms with Gasteiger partial charge in [0, 0.05) is 25.4 Å². The largest absolute Gasteiger partial charge is 0.390 e. The van der Waals surface area contributed by atoms with Gasteiger partial charge in [0.05, 0.1) is 12.2 Å². The average Bonchev–Trinajstić information content (AvgIpc) is 2.63. The Morgan fingerprint density at radius 3 is 2.60 bits per heavy atom. The molecule has 2 unspecified atom stereocenters. The molecular weight excluding hydrogens is 192 g/mol. The monoisotopic (exact) mass is 212 g/mol. The van der Waals surface area contributed by atoms with Crippen molar-refractivity contribution in [3.05, 3.63) is 18.2 Å². The van der Waals surface area contributed by atoms with Gasteiger partial charge in [-0.05, 0) is 12.8 Å². The van der Waals surface area contributed by atoms with Crippen LogP contribution in [0.1, 0.15) is 26.6 Å². The molecule has 4 nitrogen and oxygen atoms in total. The third-order valence-electron chi connectivity index (χ3n) is 2.61. The van der Waals surface area contributed by atoms with Crippen LogP contribution in [0.3, 0.4) is 0 Å². The SMILES string of the molecule is CCn1ccnc1CC(O)C(O)C(C)C. The molecule has 0 aliphatic heterocycles. The molecule has 1 aromatic heterocycles. The van der Waals surface area contributed by atoms with E-state index in [1.165, 1.54) is 0 Å². The van der Waals surface area contributed by atoms with Crippen molar-refractivity contribution in [2.75, 3.05) is 0 Å². The molecule has 0 aromatic carbocycles. The molecule has 0 amide bonds. The molecule has 86 valence electrons. The predicted octanol–water partition coefficient (Wildman–Crippen LogP) is 0.823. The lowest BCUT2D eigenvalue weighted by molar-refractivity contribution is -0.00864. The highest BCUT2D eigenvalue weighted by Crippen LogP contribution is 2.11. The molecule has 2 atom stereocenters. The standard InChI is InChI=1S/C11H20N2O2/c1-4-13-6-5-12-10(13)7-9(14)11(15)8(2)3/h5-6,8-9,11,14-15H,4,7H2,1-3H3. The zero-order valence-corrected chi connectivity index (χ0v) is 9.59. The average molecular weight is 212 g/mol. The lowest BCUT2D eigenvalue weighted by Gasteiger charge is -2.20. The minimum Gasteiger partial charge on any atom is -0.390 e. The Morgan fingerprint density at radius 2 is 2.07 bits per heavy atom. The molecule has 1 aromatic rings. The van der Waals surface area contributed by atoms with Gasteiger partial charge in [-0.25, -0.2) is 4.98 Å². The number of imidazole rings is 1. The Bertz CT molecular complexity index is 297. The summed E-state index contributed by atoms with van der Waals surface area (Å²) in [4.78, 5) is 4.16. The van der Waals surface area contributed by atoms with Gasteiger partial charge in [-0.15, -0.1) is 0 Å². The highest BCUT2D eigenvalue weighted by Gasteiger charge is 2.21. The predicted molar refractivity (Wildman–Crippen MR) is 58.5 cm³/mol. The fourth-order valence-corrected chi connectivity index (χ4v) is 1.57. The maximum absolute atomic E-state index is 9.78. The second-order valence-electron chi connectivity index (χ2n) is 4.14. The van der Waals surface area contributed by atoms with E-state index in [2.05, 4.69) is 4.98 Å². The second kappa shape index (κ2) is 5.28. The summed E-state index contributed by atoms with van der Waals surface area (Å²) in [7, 11) is 0. The number of aromatic nitrogens is 2. The Hall–Kier alpha value is -0.870. The molecule has 0 fully saturated rings. The van der Waals surface area contributed by atoms with E-state index in [-0.39, 0.29) is 5.92 Å². The van der Waals surface area contributed by atoms with Crippen molar-refractivity contribution in [2.24, 2.45) is 5.92 Å². The molecule has 4 heteroatoms. The van der Waals surface area contributed by atoms with Crippen LogP contribution >= 0.6 is 0 Å². The molecule has 1 heterocycles. The van der Waals surface area contributed by atoms with Crippen LogP contribution in [0, 0.1) is 5.92 Å². The van der Waals surface area contributed by atoms with Gasteiger partial charge in [0.1, 0.15) is 5.82 Å². The summed E-state index contributed by atoms with van der Waals surface area (Å²) >= 11 is 0. The number of aliphatic hydroxyl groups is 2. The normalized spacial score (nSPS) is 15.6. The summed E-state index contributed by atoms with van der Waals surface area (Å²) in [5, 5.41) is 19.4. The molecule has 0 bridgehead atoms. The fourth-order valence-electron chi connectivity index (χ4n) is 1.57. The lowest BCUT2D eigenvalue weighted by atomic mass is 9.99. The van der Waals surface area contributed by atoms with E-state index < -0.39 is 12.2 Å². The van der Waals surface area contributed by atoms with Gasteiger partial charge in [-0.1, -0.05) is 13.8 Å². The molecule has 1 rings (SSSR count). The van der Waals surface area contributed by atoms with Crippen molar-refractivity contribution in [3.8, 4) is 0 Å². The van der Waals surface area contributed by atoms with Crippen molar-refractivity contribution < 1.29 is 10.2 Å². The minimum atomic E-state index is -0.738.